The lowest BCUT2D eigenvalue weighted by Gasteiger charge is -2.35. The average molecular weight is 574 g/mol. The highest BCUT2D eigenvalue weighted by Crippen LogP contribution is 2.42. The fourth-order valence-corrected chi connectivity index (χ4v) is 5.53. The molecule has 8 nitrogen and oxygen atoms in total. The number of carbonyl (C=O) groups is 1. The second-order valence-electron chi connectivity index (χ2n) is 10.5. The molecule has 0 aliphatic carbocycles. The fraction of sp³-hybridized carbons (Fsp3) is 0.500. The summed E-state index contributed by atoms with van der Waals surface area (Å²) in [6.45, 7) is 11.3. The van der Waals surface area contributed by atoms with Crippen LogP contribution in [0.3, 0.4) is 0 Å². The van der Waals surface area contributed by atoms with Crippen LogP contribution in [0.2, 0.25) is 0 Å². The van der Waals surface area contributed by atoms with Gasteiger partial charge in [0.15, 0.2) is 0 Å². The summed E-state index contributed by atoms with van der Waals surface area (Å²) in [6.07, 6.45) is 1.47. The van der Waals surface area contributed by atoms with E-state index in [0.717, 1.165) is 44.6 Å². The second kappa shape index (κ2) is 11.0. The molecule has 1 aliphatic rings. The third-order valence-electron chi connectivity index (χ3n) is 7.34. The Kier molecular flexibility index (Phi) is 8.16. The summed E-state index contributed by atoms with van der Waals surface area (Å²) in [5.74, 6) is 0. The number of halogens is 1. The van der Waals surface area contributed by atoms with Crippen molar-refractivity contribution in [2.24, 2.45) is 5.41 Å². The molecule has 37 heavy (non-hydrogen) atoms. The number of aromatic nitrogens is 2. The first-order chi connectivity index (χ1) is 17.6. The molecule has 0 bridgehead atoms. The third-order valence-corrected chi connectivity index (χ3v) is 7.84. The SMILES string of the molecule is CCn1c(-c2cc(N3CCN(C(=O)O)CC3)cnc2C(C)OC)c(CC(C)(C)CO)c2cc(Br)ccc21. The standard InChI is InChI=1S/C28H37BrN4O4/c1-6-33-24-8-7-19(29)13-21(24)23(15-28(3,4)17-34)26(33)22-14-20(16-30-25(22)18(2)37-5)31-9-11-32(12-10-31)27(35)36/h7-8,13-14,16,18,34H,6,9-12,15,17H2,1-5H3,(H,35,36). The Morgan fingerprint density at radius 3 is 2.51 bits per heavy atom. The van der Waals surface area contributed by atoms with Crippen molar-refractivity contribution in [3.63, 3.8) is 0 Å². The number of benzene rings is 1. The molecule has 1 unspecified atom stereocenters. The van der Waals surface area contributed by atoms with Crippen LogP contribution in [-0.2, 0) is 17.7 Å². The van der Waals surface area contributed by atoms with Gasteiger partial charge in [-0.05, 0) is 55.5 Å². The summed E-state index contributed by atoms with van der Waals surface area (Å²) in [5, 5.41) is 20.7. The minimum absolute atomic E-state index is 0.0761. The number of rotatable bonds is 8. The molecule has 0 radical (unpaired) electrons. The third kappa shape index (κ3) is 5.49. The van der Waals surface area contributed by atoms with Gasteiger partial charge in [-0.1, -0.05) is 29.8 Å². The first kappa shape index (κ1) is 27.4. The average Bonchev–Trinajstić information content (AvgIpc) is 3.19. The number of piperazine rings is 1. The molecule has 0 spiro atoms. The molecule has 1 amide bonds. The number of amides is 1. The van der Waals surface area contributed by atoms with Gasteiger partial charge in [-0.2, -0.15) is 0 Å². The van der Waals surface area contributed by atoms with Gasteiger partial charge >= 0.3 is 6.09 Å². The minimum atomic E-state index is -0.877. The zero-order valence-corrected chi connectivity index (χ0v) is 23.9. The zero-order chi connectivity index (χ0) is 26.9. The number of aliphatic hydroxyl groups is 1. The molecule has 1 aliphatic heterocycles. The quantitative estimate of drug-likeness (QED) is 0.367. The van der Waals surface area contributed by atoms with Gasteiger partial charge in [0, 0.05) is 67.4 Å². The first-order valence-electron chi connectivity index (χ1n) is 12.8. The molecule has 4 rings (SSSR count). The van der Waals surface area contributed by atoms with Crippen molar-refractivity contribution in [2.45, 2.75) is 46.8 Å². The number of hydrogen-bond acceptors (Lipinski definition) is 5. The molecule has 3 heterocycles. The fourth-order valence-electron chi connectivity index (χ4n) is 5.16. The maximum atomic E-state index is 11.4. The molecule has 3 aromatic rings. The largest absolute Gasteiger partial charge is 0.465 e. The maximum absolute atomic E-state index is 11.4. The highest BCUT2D eigenvalue weighted by atomic mass is 79.9. The van der Waals surface area contributed by atoms with E-state index >= 15 is 0 Å². The van der Waals surface area contributed by atoms with Crippen LogP contribution in [0.25, 0.3) is 22.2 Å². The van der Waals surface area contributed by atoms with Gasteiger partial charge in [0.25, 0.3) is 0 Å². The van der Waals surface area contributed by atoms with Crippen molar-refractivity contribution < 1.29 is 19.7 Å². The molecular weight excluding hydrogens is 536 g/mol. The zero-order valence-electron chi connectivity index (χ0n) is 22.3. The van der Waals surface area contributed by atoms with Gasteiger partial charge in [0.2, 0.25) is 0 Å². The number of carboxylic acid groups (broad SMARTS) is 1. The van der Waals surface area contributed by atoms with E-state index in [4.69, 9.17) is 9.72 Å². The number of pyridine rings is 1. The van der Waals surface area contributed by atoms with E-state index in [1.54, 1.807) is 7.11 Å². The van der Waals surface area contributed by atoms with E-state index in [2.05, 4.69) is 70.4 Å². The number of anilines is 1. The highest BCUT2D eigenvalue weighted by molar-refractivity contribution is 9.10. The summed E-state index contributed by atoms with van der Waals surface area (Å²) >= 11 is 3.66. The van der Waals surface area contributed by atoms with Gasteiger partial charge in [-0.25, -0.2) is 4.79 Å². The van der Waals surface area contributed by atoms with E-state index in [0.29, 0.717) is 32.6 Å². The normalized spacial score (nSPS) is 15.4. The van der Waals surface area contributed by atoms with Crippen LogP contribution >= 0.6 is 15.9 Å². The lowest BCUT2D eigenvalue weighted by molar-refractivity contribution is 0.116. The van der Waals surface area contributed by atoms with Crippen molar-refractivity contribution in [3.8, 4) is 11.3 Å². The van der Waals surface area contributed by atoms with Crippen molar-refractivity contribution in [1.29, 1.82) is 0 Å². The maximum Gasteiger partial charge on any atom is 0.407 e. The molecule has 0 saturated carbocycles. The lowest BCUT2D eigenvalue weighted by atomic mass is 9.84. The molecule has 2 N–H and O–H groups in total. The van der Waals surface area contributed by atoms with Crippen molar-refractivity contribution in [1.82, 2.24) is 14.5 Å². The number of hydrogen-bond donors (Lipinski definition) is 2. The van der Waals surface area contributed by atoms with Gasteiger partial charge in [-0.15, -0.1) is 0 Å². The van der Waals surface area contributed by atoms with Gasteiger partial charge in [-0.3, -0.25) is 4.98 Å². The summed E-state index contributed by atoms with van der Waals surface area (Å²) in [4.78, 5) is 20.0. The Labute approximate surface area is 227 Å². The molecule has 1 saturated heterocycles. The summed E-state index contributed by atoms with van der Waals surface area (Å²) in [7, 11) is 1.69. The molecule has 200 valence electrons. The van der Waals surface area contributed by atoms with Crippen LogP contribution in [0.15, 0.2) is 34.9 Å². The van der Waals surface area contributed by atoms with Crippen LogP contribution < -0.4 is 4.90 Å². The second-order valence-corrected chi connectivity index (χ2v) is 11.4. The van der Waals surface area contributed by atoms with E-state index < -0.39 is 6.09 Å². The summed E-state index contributed by atoms with van der Waals surface area (Å²) in [5.41, 5.74) is 5.93. The predicted octanol–water partition coefficient (Wildman–Crippen LogP) is 5.55. The summed E-state index contributed by atoms with van der Waals surface area (Å²) < 4.78 is 9.09. The predicted molar refractivity (Wildman–Crippen MR) is 150 cm³/mol. The first-order valence-corrected chi connectivity index (χ1v) is 13.6. The number of fused-ring (bicyclic) bond motifs is 1. The van der Waals surface area contributed by atoms with Gasteiger partial charge in [0.1, 0.15) is 0 Å². The Hall–Kier alpha value is -2.62. The van der Waals surface area contributed by atoms with Gasteiger partial charge < -0.3 is 29.3 Å². The molecule has 1 atom stereocenters. The van der Waals surface area contributed by atoms with E-state index in [1.807, 2.05) is 13.1 Å². The molecule has 2 aromatic heterocycles. The Morgan fingerprint density at radius 1 is 1.22 bits per heavy atom. The van der Waals surface area contributed by atoms with Crippen LogP contribution in [0.4, 0.5) is 10.5 Å². The molecular formula is C28H37BrN4O4. The minimum Gasteiger partial charge on any atom is -0.465 e. The van der Waals surface area contributed by atoms with Crippen molar-refractivity contribution in [3.05, 3.63) is 46.2 Å². The van der Waals surface area contributed by atoms with Crippen LogP contribution in [-0.4, -0.2) is 70.7 Å². The Bertz CT molecular complexity index is 1280. The van der Waals surface area contributed by atoms with Crippen LogP contribution in [0.1, 0.15) is 45.1 Å². The van der Waals surface area contributed by atoms with E-state index in [-0.39, 0.29) is 18.1 Å². The number of aryl methyl sites for hydroxylation is 1. The number of methoxy groups -OCH3 is 1. The molecule has 1 aromatic carbocycles. The van der Waals surface area contributed by atoms with Crippen LogP contribution in [0, 0.1) is 5.41 Å². The van der Waals surface area contributed by atoms with Crippen molar-refractivity contribution in [2.75, 3.05) is 44.8 Å². The van der Waals surface area contributed by atoms with E-state index in [9.17, 15) is 15.0 Å². The Balaban J connectivity index is 1.94. The number of ether oxygens (including phenoxy) is 1. The van der Waals surface area contributed by atoms with Gasteiger partial charge in [0.05, 0.1) is 29.4 Å². The number of aliphatic hydroxyl groups excluding tert-OH is 1. The number of nitrogens with zero attached hydrogens (tertiary/aromatic N) is 4. The summed E-state index contributed by atoms with van der Waals surface area (Å²) in [6, 6.07) is 8.55. The molecule has 9 heteroatoms. The van der Waals surface area contributed by atoms with Crippen LogP contribution in [0.5, 0.6) is 0 Å². The van der Waals surface area contributed by atoms with Crippen molar-refractivity contribution >= 4 is 38.6 Å². The monoisotopic (exact) mass is 572 g/mol. The van der Waals surface area contributed by atoms with E-state index in [1.165, 1.54) is 10.5 Å². The smallest absolute Gasteiger partial charge is 0.407 e. The topological polar surface area (TPSA) is 91.1 Å². The highest BCUT2D eigenvalue weighted by Gasteiger charge is 2.29. The lowest BCUT2D eigenvalue weighted by Crippen LogP contribution is -2.48. The molecule has 1 fully saturated rings. The Morgan fingerprint density at radius 2 is 1.92 bits per heavy atom.